The molecule has 1 atom stereocenters. The average molecular weight is 163 g/mol. The Morgan fingerprint density at radius 3 is 3.10 bits per heavy atom. The van der Waals surface area contributed by atoms with Crippen molar-refractivity contribution in [3.05, 3.63) is 0 Å². The number of nitrogens with zero attached hydrogens (tertiary/aromatic N) is 1. The van der Waals surface area contributed by atoms with E-state index in [1.807, 2.05) is 0 Å². The lowest BCUT2D eigenvalue weighted by Gasteiger charge is -2.30. The van der Waals surface area contributed by atoms with Crippen molar-refractivity contribution in [1.29, 1.82) is 0 Å². The van der Waals surface area contributed by atoms with E-state index in [4.69, 9.17) is 11.6 Å². The molecule has 0 spiro atoms. The standard InChI is InChI=1S/C7H15ClN2/c1-10-5-4-9-7(6-10)2-3-8/h7,9H,2-6H2,1H3. The lowest BCUT2D eigenvalue weighted by atomic mass is 10.2. The minimum absolute atomic E-state index is 0.622. The topological polar surface area (TPSA) is 15.3 Å². The highest BCUT2D eigenvalue weighted by Gasteiger charge is 2.14. The first-order chi connectivity index (χ1) is 4.83. The summed E-state index contributed by atoms with van der Waals surface area (Å²) < 4.78 is 0. The molecule has 0 saturated carbocycles. The number of piperazine rings is 1. The smallest absolute Gasteiger partial charge is 0.0238 e. The van der Waals surface area contributed by atoms with Crippen LogP contribution in [0.5, 0.6) is 0 Å². The molecule has 0 amide bonds. The third kappa shape index (κ3) is 2.45. The zero-order valence-electron chi connectivity index (χ0n) is 6.44. The molecular formula is C7H15ClN2. The van der Waals surface area contributed by atoms with Crippen molar-refractivity contribution in [2.45, 2.75) is 12.5 Å². The van der Waals surface area contributed by atoms with Gasteiger partial charge in [0.2, 0.25) is 0 Å². The molecule has 1 rings (SSSR count). The first-order valence-electron chi connectivity index (χ1n) is 3.81. The van der Waals surface area contributed by atoms with E-state index in [0.29, 0.717) is 6.04 Å². The molecular weight excluding hydrogens is 148 g/mol. The normalized spacial score (nSPS) is 28.8. The van der Waals surface area contributed by atoms with Crippen molar-refractivity contribution in [2.24, 2.45) is 0 Å². The number of rotatable bonds is 2. The van der Waals surface area contributed by atoms with Crippen LogP contribution in [0.4, 0.5) is 0 Å². The summed E-state index contributed by atoms with van der Waals surface area (Å²) >= 11 is 5.62. The molecule has 1 aliphatic heterocycles. The third-order valence-electron chi connectivity index (χ3n) is 1.92. The summed E-state index contributed by atoms with van der Waals surface area (Å²) in [5.74, 6) is 0.769. The molecule has 10 heavy (non-hydrogen) atoms. The van der Waals surface area contributed by atoms with Crippen molar-refractivity contribution in [3.8, 4) is 0 Å². The van der Waals surface area contributed by atoms with Gasteiger partial charge >= 0.3 is 0 Å². The van der Waals surface area contributed by atoms with E-state index in [-0.39, 0.29) is 0 Å². The van der Waals surface area contributed by atoms with Gasteiger partial charge in [-0.25, -0.2) is 0 Å². The van der Waals surface area contributed by atoms with Gasteiger partial charge in [0.05, 0.1) is 0 Å². The summed E-state index contributed by atoms with van der Waals surface area (Å²) in [6.07, 6.45) is 1.09. The van der Waals surface area contributed by atoms with Gasteiger partial charge in [-0.3, -0.25) is 0 Å². The fourth-order valence-electron chi connectivity index (χ4n) is 1.32. The van der Waals surface area contributed by atoms with Crippen LogP contribution in [0.3, 0.4) is 0 Å². The minimum Gasteiger partial charge on any atom is -0.311 e. The quantitative estimate of drug-likeness (QED) is 0.596. The molecule has 0 bridgehead atoms. The predicted octanol–water partition coefficient (Wildman–Crippen LogP) is 0.519. The summed E-state index contributed by atoms with van der Waals surface area (Å²) in [7, 11) is 2.15. The molecule has 1 heterocycles. The highest BCUT2D eigenvalue weighted by Crippen LogP contribution is 2.00. The summed E-state index contributed by atoms with van der Waals surface area (Å²) in [6.45, 7) is 3.42. The van der Waals surface area contributed by atoms with Gasteiger partial charge < -0.3 is 10.2 Å². The van der Waals surface area contributed by atoms with Crippen molar-refractivity contribution >= 4 is 11.6 Å². The van der Waals surface area contributed by atoms with E-state index in [0.717, 1.165) is 25.4 Å². The van der Waals surface area contributed by atoms with Gasteiger partial charge in [-0.2, -0.15) is 0 Å². The van der Waals surface area contributed by atoms with E-state index in [9.17, 15) is 0 Å². The number of alkyl halides is 1. The van der Waals surface area contributed by atoms with Crippen LogP contribution in [0.25, 0.3) is 0 Å². The summed E-state index contributed by atoms with van der Waals surface area (Å²) in [4.78, 5) is 2.34. The first kappa shape index (κ1) is 8.31. The predicted molar refractivity (Wildman–Crippen MR) is 44.6 cm³/mol. The van der Waals surface area contributed by atoms with Crippen LogP contribution in [-0.4, -0.2) is 43.5 Å². The van der Waals surface area contributed by atoms with Crippen LogP contribution in [0.15, 0.2) is 0 Å². The second-order valence-corrected chi connectivity index (χ2v) is 3.27. The van der Waals surface area contributed by atoms with Crippen molar-refractivity contribution in [2.75, 3.05) is 32.6 Å². The fraction of sp³-hybridized carbons (Fsp3) is 1.00. The Bertz CT molecular complexity index is 95.6. The Balaban J connectivity index is 2.18. The molecule has 0 aromatic rings. The highest BCUT2D eigenvalue weighted by atomic mass is 35.5. The van der Waals surface area contributed by atoms with E-state index >= 15 is 0 Å². The van der Waals surface area contributed by atoms with E-state index in [1.54, 1.807) is 0 Å². The van der Waals surface area contributed by atoms with E-state index in [1.165, 1.54) is 6.54 Å². The Morgan fingerprint density at radius 2 is 2.50 bits per heavy atom. The first-order valence-corrected chi connectivity index (χ1v) is 4.34. The van der Waals surface area contributed by atoms with Crippen LogP contribution in [0.1, 0.15) is 6.42 Å². The molecule has 1 fully saturated rings. The van der Waals surface area contributed by atoms with Gasteiger partial charge in [0, 0.05) is 31.6 Å². The summed E-state index contributed by atoms with van der Waals surface area (Å²) in [6, 6.07) is 0.622. The van der Waals surface area contributed by atoms with Gasteiger partial charge in [0.25, 0.3) is 0 Å². The fourth-order valence-corrected chi connectivity index (χ4v) is 1.58. The Hall–Kier alpha value is 0.210. The van der Waals surface area contributed by atoms with Crippen molar-refractivity contribution < 1.29 is 0 Å². The maximum atomic E-state index is 5.62. The second-order valence-electron chi connectivity index (χ2n) is 2.89. The number of hydrogen-bond acceptors (Lipinski definition) is 2. The van der Waals surface area contributed by atoms with Gasteiger partial charge in [0.1, 0.15) is 0 Å². The highest BCUT2D eigenvalue weighted by molar-refractivity contribution is 6.17. The van der Waals surface area contributed by atoms with Crippen molar-refractivity contribution in [3.63, 3.8) is 0 Å². The number of hydrogen-bond donors (Lipinski definition) is 1. The molecule has 1 N–H and O–H groups in total. The van der Waals surface area contributed by atoms with Crippen LogP contribution < -0.4 is 5.32 Å². The molecule has 1 unspecified atom stereocenters. The molecule has 60 valence electrons. The van der Waals surface area contributed by atoms with E-state index in [2.05, 4.69) is 17.3 Å². The van der Waals surface area contributed by atoms with Gasteiger partial charge in [-0.1, -0.05) is 0 Å². The van der Waals surface area contributed by atoms with Crippen LogP contribution in [0, 0.1) is 0 Å². The minimum atomic E-state index is 0.622. The Morgan fingerprint density at radius 1 is 1.70 bits per heavy atom. The molecule has 0 aliphatic carbocycles. The lowest BCUT2D eigenvalue weighted by molar-refractivity contribution is 0.236. The maximum Gasteiger partial charge on any atom is 0.0238 e. The largest absolute Gasteiger partial charge is 0.311 e. The zero-order valence-corrected chi connectivity index (χ0v) is 7.19. The third-order valence-corrected chi connectivity index (χ3v) is 2.13. The van der Waals surface area contributed by atoms with Crippen LogP contribution in [0.2, 0.25) is 0 Å². The number of likely N-dealkylation sites (N-methyl/N-ethyl adjacent to an activating group) is 1. The van der Waals surface area contributed by atoms with Gasteiger partial charge in [0.15, 0.2) is 0 Å². The number of halogens is 1. The van der Waals surface area contributed by atoms with Crippen LogP contribution in [-0.2, 0) is 0 Å². The molecule has 1 saturated heterocycles. The molecule has 2 nitrogen and oxygen atoms in total. The number of nitrogens with one attached hydrogen (secondary N) is 1. The SMILES string of the molecule is CN1CCNC(CCCl)C1. The molecule has 0 aromatic heterocycles. The second kappa shape index (κ2) is 4.16. The monoisotopic (exact) mass is 162 g/mol. The van der Waals surface area contributed by atoms with Gasteiger partial charge in [-0.15, -0.1) is 11.6 Å². The molecule has 0 radical (unpaired) electrons. The summed E-state index contributed by atoms with van der Waals surface area (Å²) in [5, 5.41) is 3.42. The zero-order chi connectivity index (χ0) is 7.40. The maximum absolute atomic E-state index is 5.62. The van der Waals surface area contributed by atoms with Crippen molar-refractivity contribution in [1.82, 2.24) is 10.2 Å². The molecule has 3 heteroatoms. The lowest BCUT2D eigenvalue weighted by Crippen LogP contribution is -2.49. The Kier molecular flexibility index (Phi) is 3.46. The molecule has 1 aliphatic rings. The molecule has 0 aromatic carbocycles. The van der Waals surface area contributed by atoms with Crippen LogP contribution >= 0.6 is 11.6 Å². The van der Waals surface area contributed by atoms with E-state index < -0.39 is 0 Å². The average Bonchev–Trinajstić information content (AvgIpc) is 1.88. The summed E-state index contributed by atoms with van der Waals surface area (Å²) in [5.41, 5.74) is 0. The van der Waals surface area contributed by atoms with Gasteiger partial charge in [-0.05, 0) is 13.5 Å². The Labute approximate surface area is 67.5 Å².